The van der Waals surface area contributed by atoms with E-state index in [0.717, 1.165) is 29.6 Å². The van der Waals surface area contributed by atoms with E-state index in [1.807, 2.05) is 7.05 Å². The molecular weight excluding hydrogens is 256 g/mol. The van der Waals surface area contributed by atoms with Gasteiger partial charge in [0, 0.05) is 23.4 Å². The van der Waals surface area contributed by atoms with Crippen LogP contribution in [0.15, 0.2) is 17.5 Å². The van der Waals surface area contributed by atoms with Gasteiger partial charge in [0.2, 0.25) is 0 Å². The normalized spacial score (nSPS) is 14.4. The number of anilines is 2. The summed E-state index contributed by atoms with van der Waals surface area (Å²) >= 11 is 1.76. The minimum atomic E-state index is 0.565. The third-order valence-electron chi connectivity index (χ3n) is 3.35. The maximum absolute atomic E-state index is 4.68. The Kier molecular flexibility index (Phi) is 3.38. The van der Waals surface area contributed by atoms with Crippen molar-refractivity contribution in [2.45, 2.75) is 32.2 Å². The minimum Gasteiger partial charge on any atom is -0.373 e. The Balaban J connectivity index is 1.83. The largest absolute Gasteiger partial charge is 0.373 e. The Labute approximate surface area is 117 Å². The summed E-state index contributed by atoms with van der Waals surface area (Å²) in [5, 5.41) is 8.69. The van der Waals surface area contributed by atoms with Gasteiger partial charge in [-0.3, -0.25) is 0 Å². The second-order valence-corrected chi connectivity index (χ2v) is 5.89. The van der Waals surface area contributed by atoms with Crippen LogP contribution in [0.2, 0.25) is 0 Å². The fraction of sp³-hybridized carbons (Fsp3) is 0.429. The summed E-state index contributed by atoms with van der Waals surface area (Å²) in [6.07, 6.45) is 2.44. The van der Waals surface area contributed by atoms with Crippen LogP contribution in [0.1, 0.15) is 35.0 Å². The molecule has 100 valence electrons. The van der Waals surface area contributed by atoms with Crippen LogP contribution in [0.4, 0.5) is 11.6 Å². The fourth-order valence-electron chi connectivity index (χ4n) is 2.06. The number of nitrogens with zero attached hydrogens (tertiary/aromatic N) is 2. The average Bonchev–Trinajstić information content (AvgIpc) is 3.14. The maximum Gasteiger partial charge on any atom is 0.136 e. The lowest BCUT2D eigenvalue weighted by Crippen LogP contribution is -2.08. The molecule has 0 saturated heterocycles. The smallest absolute Gasteiger partial charge is 0.136 e. The van der Waals surface area contributed by atoms with Gasteiger partial charge in [0.1, 0.15) is 17.5 Å². The summed E-state index contributed by atoms with van der Waals surface area (Å²) in [6, 6.07) is 4.21. The van der Waals surface area contributed by atoms with Gasteiger partial charge in [-0.05, 0) is 31.2 Å². The zero-order valence-electron chi connectivity index (χ0n) is 11.2. The Hall–Kier alpha value is -1.62. The van der Waals surface area contributed by atoms with Gasteiger partial charge >= 0.3 is 0 Å². The number of rotatable bonds is 5. The molecule has 4 nitrogen and oxygen atoms in total. The van der Waals surface area contributed by atoms with Crippen molar-refractivity contribution in [3.63, 3.8) is 0 Å². The highest BCUT2D eigenvalue weighted by Gasteiger charge is 2.28. The average molecular weight is 274 g/mol. The summed E-state index contributed by atoms with van der Waals surface area (Å²) < 4.78 is 0. The first kappa shape index (κ1) is 12.4. The Bertz CT molecular complexity index is 561. The molecule has 1 aliphatic carbocycles. The van der Waals surface area contributed by atoms with Crippen LogP contribution in [0.3, 0.4) is 0 Å². The van der Waals surface area contributed by atoms with Crippen LogP contribution < -0.4 is 10.6 Å². The van der Waals surface area contributed by atoms with Gasteiger partial charge < -0.3 is 10.6 Å². The third kappa shape index (κ3) is 2.71. The zero-order valence-corrected chi connectivity index (χ0v) is 12.0. The molecule has 2 aromatic rings. The fourth-order valence-corrected chi connectivity index (χ4v) is 2.70. The van der Waals surface area contributed by atoms with E-state index >= 15 is 0 Å². The molecule has 1 aliphatic rings. The molecule has 2 aromatic heterocycles. The SMILES string of the molecule is CNc1nc(C2CC2)nc(NCc2cccs2)c1C. The number of thiophene rings is 1. The topological polar surface area (TPSA) is 49.8 Å². The van der Waals surface area contributed by atoms with Gasteiger partial charge in [-0.2, -0.15) is 0 Å². The van der Waals surface area contributed by atoms with E-state index in [0.29, 0.717) is 5.92 Å². The van der Waals surface area contributed by atoms with Crippen molar-refractivity contribution in [2.75, 3.05) is 17.7 Å². The number of hydrogen-bond acceptors (Lipinski definition) is 5. The van der Waals surface area contributed by atoms with Gasteiger partial charge in [0.15, 0.2) is 0 Å². The van der Waals surface area contributed by atoms with Gasteiger partial charge in [0.25, 0.3) is 0 Å². The molecular formula is C14H18N4S. The van der Waals surface area contributed by atoms with Gasteiger partial charge in [-0.1, -0.05) is 6.07 Å². The molecule has 2 heterocycles. The molecule has 3 rings (SSSR count). The molecule has 1 fully saturated rings. The Morgan fingerprint density at radius 2 is 2.11 bits per heavy atom. The van der Waals surface area contributed by atoms with Gasteiger partial charge in [-0.25, -0.2) is 9.97 Å². The van der Waals surface area contributed by atoms with Crippen LogP contribution in [-0.2, 0) is 6.54 Å². The predicted octanol–water partition coefficient (Wildman–Crippen LogP) is 3.38. The second-order valence-electron chi connectivity index (χ2n) is 4.86. The van der Waals surface area contributed by atoms with E-state index in [4.69, 9.17) is 0 Å². The maximum atomic E-state index is 4.68. The van der Waals surface area contributed by atoms with E-state index in [9.17, 15) is 0 Å². The molecule has 0 spiro atoms. The molecule has 0 bridgehead atoms. The molecule has 0 aromatic carbocycles. The van der Waals surface area contributed by atoms with Crippen LogP contribution in [0.5, 0.6) is 0 Å². The second kappa shape index (κ2) is 5.17. The number of aromatic nitrogens is 2. The monoisotopic (exact) mass is 274 g/mol. The summed E-state index contributed by atoms with van der Waals surface area (Å²) in [7, 11) is 1.91. The van der Waals surface area contributed by atoms with E-state index in [1.165, 1.54) is 17.7 Å². The van der Waals surface area contributed by atoms with E-state index in [1.54, 1.807) is 11.3 Å². The molecule has 1 saturated carbocycles. The summed E-state index contributed by atoms with van der Waals surface area (Å²) in [4.78, 5) is 10.6. The van der Waals surface area contributed by atoms with Gasteiger partial charge in [0.05, 0.1) is 6.54 Å². The van der Waals surface area contributed by atoms with E-state index < -0.39 is 0 Å². The molecule has 2 N–H and O–H groups in total. The lowest BCUT2D eigenvalue weighted by Gasteiger charge is -2.13. The predicted molar refractivity (Wildman–Crippen MR) is 79.9 cm³/mol. The van der Waals surface area contributed by atoms with E-state index in [-0.39, 0.29) is 0 Å². The molecule has 5 heteroatoms. The van der Waals surface area contributed by atoms with Gasteiger partial charge in [-0.15, -0.1) is 11.3 Å². The summed E-state index contributed by atoms with van der Waals surface area (Å²) in [5.74, 6) is 3.43. The highest BCUT2D eigenvalue weighted by Crippen LogP contribution is 2.39. The quantitative estimate of drug-likeness (QED) is 0.877. The third-order valence-corrected chi connectivity index (χ3v) is 4.23. The first-order valence-corrected chi connectivity index (χ1v) is 7.48. The summed E-state index contributed by atoms with van der Waals surface area (Å²) in [5.41, 5.74) is 1.09. The van der Waals surface area contributed by atoms with Crippen molar-refractivity contribution < 1.29 is 0 Å². The van der Waals surface area contributed by atoms with Crippen LogP contribution >= 0.6 is 11.3 Å². The lowest BCUT2D eigenvalue weighted by molar-refractivity contribution is 0.915. The van der Waals surface area contributed by atoms with Crippen molar-refractivity contribution in [3.8, 4) is 0 Å². The highest BCUT2D eigenvalue weighted by atomic mass is 32.1. The van der Waals surface area contributed by atoms with Crippen molar-refractivity contribution in [3.05, 3.63) is 33.8 Å². The first-order valence-electron chi connectivity index (χ1n) is 6.60. The summed E-state index contributed by atoms with van der Waals surface area (Å²) in [6.45, 7) is 2.88. The van der Waals surface area contributed by atoms with Crippen LogP contribution in [0.25, 0.3) is 0 Å². The molecule has 0 radical (unpaired) electrons. The number of nitrogens with one attached hydrogen (secondary N) is 2. The standard InChI is InChI=1S/C14H18N4S/c1-9-12(15-2)17-14(10-5-6-10)18-13(9)16-8-11-4-3-7-19-11/h3-4,7,10H,5-6,8H2,1-2H3,(H2,15,16,17,18). The van der Waals surface area contributed by atoms with Crippen LogP contribution in [-0.4, -0.2) is 17.0 Å². The van der Waals surface area contributed by atoms with Crippen molar-refractivity contribution in [1.82, 2.24) is 9.97 Å². The van der Waals surface area contributed by atoms with Crippen molar-refractivity contribution >= 4 is 23.0 Å². The minimum absolute atomic E-state index is 0.565. The number of hydrogen-bond donors (Lipinski definition) is 2. The molecule has 0 aliphatic heterocycles. The Morgan fingerprint density at radius 1 is 1.32 bits per heavy atom. The zero-order chi connectivity index (χ0) is 13.2. The van der Waals surface area contributed by atoms with E-state index in [2.05, 4.69) is 45.0 Å². The Morgan fingerprint density at radius 3 is 2.74 bits per heavy atom. The molecule has 0 unspecified atom stereocenters. The highest BCUT2D eigenvalue weighted by molar-refractivity contribution is 7.09. The van der Waals surface area contributed by atoms with Crippen LogP contribution in [0, 0.1) is 6.92 Å². The van der Waals surface area contributed by atoms with Crippen molar-refractivity contribution in [1.29, 1.82) is 0 Å². The molecule has 0 amide bonds. The molecule has 0 atom stereocenters. The van der Waals surface area contributed by atoms with Crippen molar-refractivity contribution in [2.24, 2.45) is 0 Å². The lowest BCUT2D eigenvalue weighted by atomic mass is 10.2. The first-order chi connectivity index (χ1) is 9.28. The molecule has 19 heavy (non-hydrogen) atoms.